The lowest BCUT2D eigenvalue weighted by Crippen LogP contribution is -2.52. The summed E-state index contributed by atoms with van der Waals surface area (Å²) in [5, 5.41) is 0. The molecule has 0 amide bonds. The number of rotatable bonds is 0. The van der Waals surface area contributed by atoms with Gasteiger partial charge in [-0.2, -0.15) is 0 Å². The first-order valence-electron chi connectivity index (χ1n) is 7.02. The molecule has 5 rings (SSSR count). The monoisotopic (exact) mass is 205 g/mol. The second-order valence-electron chi connectivity index (χ2n) is 7.04. The first kappa shape index (κ1) is 9.04. The van der Waals surface area contributed by atoms with Crippen LogP contribution in [0, 0.1) is 29.1 Å². The van der Waals surface area contributed by atoms with E-state index in [9.17, 15) is 0 Å². The molecule has 5 saturated carbocycles. The average molecular weight is 205 g/mol. The van der Waals surface area contributed by atoms with E-state index in [0.717, 1.165) is 29.1 Å². The molecule has 1 atom stereocenters. The van der Waals surface area contributed by atoms with Crippen molar-refractivity contribution in [2.75, 3.05) is 0 Å². The van der Waals surface area contributed by atoms with Gasteiger partial charge in [0.25, 0.3) is 0 Å². The molecule has 4 bridgehead atoms. The van der Waals surface area contributed by atoms with Crippen LogP contribution in [0.5, 0.6) is 0 Å². The molecule has 0 aromatic carbocycles. The Hall–Kier alpha value is -0.0400. The van der Waals surface area contributed by atoms with E-state index in [4.69, 9.17) is 5.73 Å². The van der Waals surface area contributed by atoms with Crippen molar-refractivity contribution in [2.45, 2.75) is 57.4 Å². The molecule has 1 spiro atoms. The molecule has 0 aromatic rings. The van der Waals surface area contributed by atoms with Crippen LogP contribution in [0.2, 0.25) is 0 Å². The van der Waals surface area contributed by atoms with Crippen LogP contribution in [0.25, 0.3) is 0 Å². The fourth-order valence-electron chi connectivity index (χ4n) is 6.01. The Balaban J connectivity index is 1.70. The summed E-state index contributed by atoms with van der Waals surface area (Å²) in [6, 6.07) is 0.544. The Morgan fingerprint density at radius 3 is 1.93 bits per heavy atom. The summed E-state index contributed by atoms with van der Waals surface area (Å²) >= 11 is 0. The second-order valence-corrected chi connectivity index (χ2v) is 7.04. The van der Waals surface area contributed by atoms with Crippen LogP contribution < -0.4 is 5.73 Å². The molecule has 5 aliphatic carbocycles. The van der Waals surface area contributed by atoms with Gasteiger partial charge < -0.3 is 5.73 Å². The lowest BCUT2D eigenvalue weighted by molar-refractivity contribution is -0.105. The molecular weight excluding hydrogens is 182 g/mol. The third-order valence-electron chi connectivity index (χ3n) is 6.39. The molecule has 0 heterocycles. The van der Waals surface area contributed by atoms with Crippen molar-refractivity contribution in [3.63, 3.8) is 0 Å². The van der Waals surface area contributed by atoms with Gasteiger partial charge in [0.1, 0.15) is 0 Å². The van der Waals surface area contributed by atoms with Gasteiger partial charge in [-0.1, -0.05) is 0 Å². The van der Waals surface area contributed by atoms with Gasteiger partial charge in [0.2, 0.25) is 0 Å². The summed E-state index contributed by atoms with van der Waals surface area (Å²) in [7, 11) is 0. The van der Waals surface area contributed by atoms with E-state index >= 15 is 0 Å². The summed E-state index contributed by atoms with van der Waals surface area (Å²) in [6.07, 6.45) is 12.0. The topological polar surface area (TPSA) is 26.0 Å². The van der Waals surface area contributed by atoms with Gasteiger partial charge in [0.05, 0.1) is 0 Å². The quantitative estimate of drug-likeness (QED) is 0.646. The molecule has 1 nitrogen and oxygen atoms in total. The van der Waals surface area contributed by atoms with E-state index in [-0.39, 0.29) is 0 Å². The lowest BCUT2D eigenvalue weighted by atomic mass is 9.45. The average Bonchev–Trinajstić information content (AvgIpc) is 2.57. The van der Waals surface area contributed by atoms with Gasteiger partial charge in [-0.05, 0) is 80.5 Å². The van der Waals surface area contributed by atoms with Crippen LogP contribution >= 0.6 is 0 Å². The van der Waals surface area contributed by atoms with Crippen molar-refractivity contribution in [2.24, 2.45) is 34.8 Å². The Bertz CT molecular complexity index is 255. The van der Waals surface area contributed by atoms with Crippen LogP contribution in [-0.4, -0.2) is 6.04 Å². The lowest BCUT2D eigenvalue weighted by Gasteiger charge is -2.60. The maximum Gasteiger partial charge on any atom is 0.00445 e. The van der Waals surface area contributed by atoms with E-state index < -0.39 is 0 Å². The molecule has 0 aromatic heterocycles. The number of hydrogen-bond acceptors (Lipinski definition) is 1. The maximum absolute atomic E-state index is 6.19. The normalized spacial score (nSPS) is 61.8. The Morgan fingerprint density at radius 1 is 0.867 bits per heavy atom. The third-order valence-corrected chi connectivity index (χ3v) is 6.39. The smallest absolute Gasteiger partial charge is 0.00445 e. The van der Waals surface area contributed by atoms with Crippen molar-refractivity contribution < 1.29 is 0 Å². The van der Waals surface area contributed by atoms with Crippen LogP contribution in [-0.2, 0) is 0 Å². The Kier molecular flexibility index (Phi) is 1.68. The molecule has 5 fully saturated rings. The Morgan fingerprint density at radius 2 is 1.47 bits per heavy atom. The molecule has 15 heavy (non-hydrogen) atoms. The van der Waals surface area contributed by atoms with E-state index in [1.807, 2.05) is 0 Å². The molecule has 5 aliphatic rings. The van der Waals surface area contributed by atoms with Gasteiger partial charge in [-0.3, -0.25) is 0 Å². The predicted octanol–water partition coefficient (Wildman–Crippen LogP) is 2.94. The molecule has 2 N–H and O–H groups in total. The summed E-state index contributed by atoms with van der Waals surface area (Å²) in [5.41, 5.74) is 6.93. The zero-order valence-electron chi connectivity index (χ0n) is 9.62. The minimum Gasteiger partial charge on any atom is -0.328 e. The van der Waals surface area contributed by atoms with Gasteiger partial charge >= 0.3 is 0 Å². The summed E-state index contributed by atoms with van der Waals surface area (Å²) in [6.45, 7) is 0. The summed E-state index contributed by atoms with van der Waals surface area (Å²) in [4.78, 5) is 0. The first-order valence-corrected chi connectivity index (χ1v) is 7.02. The van der Waals surface area contributed by atoms with Gasteiger partial charge in [0.15, 0.2) is 0 Å². The highest BCUT2D eigenvalue weighted by molar-refractivity contribution is 5.09. The van der Waals surface area contributed by atoms with E-state index in [2.05, 4.69) is 0 Å². The predicted molar refractivity (Wildman–Crippen MR) is 61.3 cm³/mol. The molecule has 0 saturated heterocycles. The molecule has 0 radical (unpaired) electrons. The van der Waals surface area contributed by atoms with Crippen molar-refractivity contribution in [3.05, 3.63) is 0 Å². The minimum atomic E-state index is 0.544. The van der Waals surface area contributed by atoms with Crippen LogP contribution in [0.1, 0.15) is 51.4 Å². The van der Waals surface area contributed by atoms with Crippen LogP contribution in [0.4, 0.5) is 0 Å². The highest BCUT2D eigenvalue weighted by Crippen LogP contribution is 2.67. The fourth-order valence-corrected chi connectivity index (χ4v) is 6.01. The SMILES string of the molecule is NC1CCC2(C1)C1CC3CC(C1)CC2C3. The molecule has 84 valence electrons. The molecular formula is C14H23N. The largest absolute Gasteiger partial charge is 0.328 e. The summed E-state index contributed by atoms with van der Waals surface area (Å²) in [5.74, 6) is 4.41. The van der Waals surface area contributed by atoms with Crippen molar-refractivity contribution in [1.29, 1.82) is 0 Å². The second kappa shape index (κ2) is 2.80. The van der Waals surface area contributed by atoms with Crippen molar-refractivity contribution >= 4 is 0 Å². The molecule has 0 aliphatic heterocycles. The van der Waals surface area contributed by atoms with Gasteiger partial charge in [0, 0.05) is 6.04 Å². The zero-order chi connectivity index (χ0) is 10.0. The first-order chi connectivity index (χ1) is 7.26. The van der Waals surface area contributed by atoms with E-state index in [1.165, 1.54) is 19.3 Å². The fraction of sp³-hybridized carbons (Fsp3) is 1.00. The third kappa shape index (κ3) is 1.08. The number of nitrogens with two attached hydrogens (primary N) is 1. The van der Waals surface area contributed by atoms with Gasteiger partial charge in [-0.15, -0.1) is 0 Å². The summed E-state index contributed by atoms with van der Waals surface area (Å²) < 4.78 is 0. The van der Waals surface area contributed by atoms with E-state index in [1.54, 1.807) is 32.1 Å². The van der Waals surface area contributed by atoms with Crippen molar-refractivity contribution in [1.82, 2.24) is 0 Å². The van der Waals surface area contributed by atoms with Crippen LogP contribution in [0.3, 0.4) is 0 Å². The highest BCUT2D eigenvalue weighted by atomic mass is 14.7. The Labute approximate surface area is 92.8 Å². The molecule has 1 heteroatoms. The zero-order valence-corrected chi connectivity index (χ0v) is 9.62. The maximum atomic E-state index is 6.19. The minimum absolute atomic E-state index is 0.544. The van der Waals surface area contributed by atoms with Gasteiger partial charge in [-0.25, -0.2) is 0 Å². The van der Waals surface area contributed by atoms with Crippen molar-refractivity contribution in [3.8, 4) is 0 Å². The standard InChI is InChI=1S/C14H23N/c15-13-1-2-14(8-13)11-4-9-3-10(6-11)7-12(14)5-9/h9-13H,1-8,15H2. The number of hydrogen-bond donors (Lipinski definition) is 1. The van der Waals surface area contributed by atoms with Crippen LogP contribution in [0.15, 0.2) is 0 Å². The highest BCUT2D eigenvalue weighted by Gasteiger charge is 2.58. The molecule has 1 unspecified atom stereocenters. The van der Waals surface area contributed by atoms with E-state index in [0.29, 0.717) is 6.04 Å².